The van der Waals surface area contributed by atoms with Gasteiger partial charge in [0.25, 0.3) is 4.19 Å². The van der Waals surface area contributed by atoms with Gasteiger partial charge in [-0.3, -0.25) is 0 Å². The molecular formula is C16H13O2S2+. The number of rotatable bonds is 3. The van der Waals surface area contributed by atoms with Crippen LogP contribution in [-0.4, -0.2) is 12.2 Å². The lowest BCUT2D eigenvalue weighted by Gasteiger charge is -1.98. The molecule has 0 atom stereocenters. The van der Waals surface area contributed by atoms with E-state index >= 15 is 0 Å². The summed E-state index contributed by atoms with van der Waals surface area (Å²) in [5, 5.41) is 10.5. The third-order valence-corrected chi connectivity index (χ3v) is 5.44. The summed E-state index contributed by atoms with van der Waals surface area (Å²) in [5.74, 6) is 0.816. The van der Waals surface area contributed by atoms with E-state index in [0.29, 0.717) is 5.06 Å². The molecule has 0 amide bonds. The molecule has 0 spiro atoms. The van der Waals surface area contributed by atoms with Gasteiger partial charge < -0.3 is 9.84 Å². The summed E-state index contributed by atoms with van der Waals surface area (Å²) in [6.45, 7) is 0. The number of benzene rings is 2. The Bertz CT molecular complexity index is 703. The van der Waals surface area contributed by atoms with Gasteiger partial charge in [0.1, 0.15) is 17.1 Å². The maximum absolute atomic E-state index is 10.2. The zero-order valence-corrected chi connectivity index (χ0v) is 12.5. The van der Waals surface area contributed by atoms with Gasteiger partial charge in [-0.1, -0.05) is 18.2 Å². The van der Waals surface area contributed by atoms with Crippen LogP contribution in [0.1, 0.15) is 0 Å². The van der Waals surface area contributed by atoms with Crippen molar-refractivity contribution < 1.29 is 9.84 Å². The topological polar surface area (TPSA) is 29.5 Å². The molecule has 0 bridgehead atoms. The second-order valence-electron chi connectivity index (χ2n) is 4.22. The minimum Gasteiger partial charge on any atom is -0.497 e. The Labute approximate surface area is 125 Å². The van der Waals surface area contributed by atoms with Crippen molar-refractivity contribution in [3.63, 3.8) is 0 Å². The lowest BCUT2D eigenvalue weighted by atomic mass is 10.2. The number of hydrogen-bond donors (Lipinski definition) is 1. The molecule has 0 unspecified atom stereocenters. The quantitative estimate of drug-likeness (QED) is 0.679. The van der Waals surface area contributed by atoms with Crippen molar-refractivity contribution in [2.45, 2.75) is 0 Å². The molecule has 20 heavy (non-hydrogen) atoms. The molecule has 0 fully saturated rings. The van der Waals surface area contributed by atoms with Gasteiger partial charge in [-0.2, -0.15) is 0 Å². The first kappa shape index (κ1) is 13.1. The molecule has 0 saturated carbocycles. The average molecular weight is 301 g/mol. The highest BCUT2D eigenvalue weighted by molar-refractivity contribution is 7.39. The van der Waals surface area contributed by atoms with Crippen molar-refractivity contribution in [3.05, 3.63) is 54.6 Å². The van der Waals surface area contributed by atoms with Crippen LogP contribution >= 0.6 is 22.7 Å². The Morgan fingerprint density at radius 1 is 0.950 bits per heavy atom. The molecule has 0 saturated heterocycles. The lowest BCUT2D eigenvalue weighted by Crippen LogP contribution is -1.81. The Kier molecular flexibility index (Phi) is 3.67. The number of ether oxygens (including phenoxy) is 1. The molecule has 2 aromatic carbocycles. The highest BCUT2D eigenvalue weighted by atomic mass is 32.2. The van der Waals surface area contributed by atoms with Gasteiger partial charge in [0.2, 0.25) is 4.88 Å². The summed E-state index contributed by atoms with van der Waals surface area (Å²) in [4.78, 5) is 0.900. The van der Waals surface area contributed by atoms with Crippen molar-refractivity contribution in [3.8, 4) is 31.0 Å². The van der Waals surface area contributed by atoms with Crippen LogP contribution in [-0.2, 0) is 0 Å². The van der Waals surface area contributed by atoms with Crippen molar-refractivity contribution in [2.24, 2.45) is 0 Å². The summed E-state index contributed by atoms with van der Waals surface area (Å²) in [6, 6.07) is 17.9. The van der Waals surface area contributed by atoms with Gasteiger partial charge in [0.15, 0.2) is 0 Å². The Morgan fingerprint density at radius 2 is 1.65 bits per heavy atom. The van der Waals surface area contributed by atoms with E-state index in [4.69, 9.17) is 4.74 Å². The standard InChI is InChI=1S/C16H12O2S2/c1-18-13-9-7-11(8-10-13)14-15(17)20-16(19-14)12-5-3-2-4-6-12/h2-10H,1H3/p+1. The third kappa shape index (κ3) is 2.53. The fraction of sp³-hybridized carbons (Fsp3) is 0.0625. The largest absolute Gasteiger partial charge is 0.497 e. The Morgan fingerprint density at radius 3 is 2.30 bits per heavy atom. The molecule has 3 aromatic rings. The first-order chi connectivity index (χ1) is 9.78. The van der Waals surface area contributed by atoms with Crippen molar-refractivity contribution in [1.82, 2.24) is 0 Å². The Hall–Kier alpha value is -1.91. The summed E-state index contributed by atoms with van der Waals surface area (Å²) >= 11 is 3.02. The predicted octanol–water partition coefficient (Wildman–Crippen LogP) is 5.14. The SMILES string of the molecule is COc1ccc(-c2sc(-c3ccccc3)[s+]c2O)cc1. The van der Waals surface area contributed by atoms with Crippen LogP contribution in [0.4, 0.5) is 0 Å². The van der Waals surface area contributed by atoms with Crippen LogP contribution in [0.5, 0.6) is 10.8 Å². The molecule has 0 radical (unpaired) electrons. The van der Waals surface area contributed by atoms with Crippen molar-refractivity contribution in [2.75, 3.05) is 7.11 Å². The van der Waals surface area contributed by atoms with Crippen LogP contribution in [0, 0.1) is 0 Å². The predicted molar refractivity (Wildman–Crippen MR) is 85.7 cm³/mol. The highest BCUT2D eigenvalue weighted by Crippen LogP contribution is 2.46. The van der Waals surface area contributed by atoms with E-state index in [1.54, 1.807) is 18.4 Å². The molecule has 100 valence electrons. The summed E-state index contributed by atoms with van der Waals surface area (Å²) < 4.78 is 6.26. The molecule has 4 heteroatoms. The first-order valence-corrected chi connectivity index (χ1v) is 7.77. The lowest BCUT2D eigenvalue weighted by molar-refractivity contribution is 0.415. The van der Waals surface area contributed by atoms with E-state index in [0.717, 1.165) is 25.9 Å². The van der Waals surface area contributed by atoms with Crippen LogP contribution in [0.2, 0.25) is 0 Å². The monoisotopic (exact) mass is 301 g/mol. The van der Waals surface area contributed by atoms with Gasteiger partial charge in [-0.15, -0.1) is 0 Å². The molecular weight excluding hydrogens is 288 g/mol. The number of methoxy groups -OCH3 is 1. The molecule has 0 aliphatic rings. The minimum absolute atomic E-state index is 0.360. The minimum atomic E-state index is 0.360. The van der Waals surface area contributed by atoms with Crippen molar-refractivity contribution >= 4 is 22.7 Å². The normalized spacial score (nSPS) is 10.4. The molecule has 2 nitrogen and oxygen atoms in total. The van der Waals surface area contributed by atoms with Gasteiger partial charge in [0, 0.05) is 11.1 Å². The maximum atomic E-state index is 10.2. The van der Waals surface area contributed by atoms with Crippen LogP contribution in [0.3, 0.4) is 0 Å². The number of aromatic hydroxyl groups is 1. The molecule has 1 N–H and O–H groups in total. The summed E-state index contributed by atoms with van der Waals surface area (Å²) in [5.41, 5.74) is 2.14. The highest BCUT2D eigenvalue weighted by Gasteiger charge is 2.24. The van der Waals surface area contributed by atoms with Gasteiger partial charge >= 0.3 is 5.06 Å². The summed E-state index contributed by atoms with van der Waals surface area (Å²) in [7, 11) is 1.65. The maximum Gasteiger partial charge on any atom is 0.320 e. The molecule has 0 aliphatic carbocycles. The van der Waals surface area contributed by atoms with Crippen molar-refractivity contribution in [1.29, 1.82) is 0 Å². The van der Waals surface area contributed by atoms with E-state index in [1.807, 2.05) is 42.5 Å². The van der Waals surface area contributed by atoms with Gasteiger partial charge in [0.05, 0.1) is 18.4 Å². The number of hydrogen-bond acceptors (Lipinski definition) is 3. The first-order valence-electron chi connectivity index (χ1n) is 6.13. The zero-order valence-electron chi connectivity index (χ0n) is 10.9. The molecule has 3 rings (SSSR count). The van der Waals surface area contributed by atoms with Gasteiger partial charge in [-0.05, 0) is 36.4 Å². The summed E-state index contributed by atoms with van der Waals surface area (Å²) in [6.07, 6.45) is 0. The Balaban J connectivity index is 2.00. The third-order valence-electron chi connectivity index (χ3n) is 2.94. The van der Waals surface area contributed by atoms with E-state index in [2.05, 4.69) is 12.1 Å². The van der Waals surface area contributed by atoms with Crippen LogP contribution in [0.25, 0.3) is 20.2 Å². The molecule has 1 aromatic heterocycles. The average Bonchev–Trinajstić information content (AvgIpc) is 2.90. The fourth-order valence-electron chi connectivity index (χ4n) is 1.91. The van der Waals surface area contributed by atoms with Gasteiger partial charge in [-0.25, -0.2) is 0 Å². The van der Waals surface area contributed by atoms with E-state index in [1.165, 1.54) is 11.3 Å². The second-order valence-corrected chi connectivity index (χ2v) is 6.50. The molecule has 1 heterocycles. The van der Waals surface area contributed by atoms with Crippen LogP contribution in [0.15, 0.2) is 54.6 Å². The zero-order chi connectivity index (χ0) is 13.9. The van der Waals surface area contributed by atoms with E-state index in [9.17, 15) is 5.11 Å². The van der Waals surface area contributed by atoms with Crippen LogP contribution < -0.4 is 4.74 Å². The molecule has 0 aliphatic heterocycles. The van der Waals surface area contributed by atoms with E-state index < -0.39 is 0 Å². The smallest absolute Gasteiger partial charge is 0.320 e. The van der Waals surface area contributed by atoms with E-state index in [-0.39, 0.29) is 0 Å². The second kappa shape index (κ2) is 5.61. The fourth-order valence-corrected chi connectivity index (χ4v) is 4.23.